The largest absolute Gasteiger partial charge is 0.467 e. The van der Waals surface area contributed by atoms with Crippen LogP contribution in [0.15, 0.2) is 30.3 Å². The van der Waals surface area contributed by atoms with Crippen LogP contribution in [0.4, 0.5) is 0 Å². The lowest BCUT2D eigenvalue weighted by Crippen LogP contribution is -2.36. The number of hydrogen-bond donors (Lipinski definition) is 1. The van der Waals surface area contributed by atoms with Crippen LogP contribution in [0.5, 0.6) is 5.75 Å². The summed E-state index contributed by atoms with van der Waals surface area (Å²) in [5.74, 6) is 0.994. The third kappa shape index (κ3) is 7.54. The van der Waals surface area contributed by atoms with Gasteiger partial charge in [0.25, 0.3) is 0 Å². The summed E-state index contributed by atoms with van der Waals surface area (Å²) in [6.45, 7) is 23.6. The summed E-state index contributed by atoms with van der Waals surface area (Å²) in [5.41, 5.74) is 6.58. The van der Waals surface area contributed by atoms with E-state index in [4.69, 9.17) is 9.47 Å². The molecule has 0 fully saturated rings. The van der Waals surface area contributed by atoms with Gasteiger partial charge in [-0.2, -0.15) is 0 Å². The smallest absolute Gasteiger partial charge is 0.188 e. The zero-order valence-electron chi connectivity index (χ0n) is 22.8. The van der Waals surface area contributed by atoms with Gasteiger partial charge in [-0.15, -0.1) is 0 Å². The molecule has 2 rings (SSSR count). The molecule has 0 aliphatic rings. The van der Waals surface area contributed by atoms with Crippen molar-refractivity contribution in [1.29, 1.82) is 0 Å². The average Bonchev–Trinajstić information content (AvgIpc) is 2.71. The van der Waals surface area contributed by atoms with Gasteiger partial charge in [0.1, 0.15) is 5.75 Å². The molecule has 0 aromatic heterocycles. The second-order valence-electron chi connectivity index (χ2n) is 11.6. The third-order valence-corrected chi connectivity index (χ3v) is 8.08. The van der Waals surface area contributed by atoms with E-state index in [0.29, 0.717) is 8.58 Å². The first kappa shape index (κ1) is 27.8. The Labute approximate surface area is 204 Å². The molecule has 0 bridgehead atoms. The van der Waals surface area contributed by atoms with Gasteiger partial charge in [-0.25, -0.2) is 0 Å². The SMILES string of the molecule is CCC(C)(Pc1ccc(C)cc1CNC(C)(C)C)c1cc(C)cc(C(C)(C)C)c1OCOC. The minimum Gasteiger partial charge on any atom is -0.467 e. The number of ether oxygens (including phenoxy) is 2. The van der Waals surface area contributed by atoms with Crippen molar-refractivity contribution in [3.05, 3.63) is 58.1 Å². The Morgan fingerprint density at radius 2 is 1.52 bits per heavy atom. The number of methoxy groups -OCH3 is 1. The van der Waals surface area contributed by atoms with Crippen LogP contribution in [0.25, 0.3) is 0 Å². The molecular weight excluding hydrogens is 425 g/mol. The number of hydrogen-bond acceptors (Lipinski definition) is 3. The fraction of sp³-hybridized carbons (Fsp3) is 0.586. The maximum Gasteiger partial charge on any atom is 0.188 e. The van der Waals surface area contributed by atoms with E-state index in [-0.39, 0.29) is 22.9 Å². The Kier molecular flexibility index (Phi) is 9.19. The van der Waals surface area contributed by atoms with Gasteiger partial charge in [0, 0.05) is 35.5 Å². The molecule has 184 valence electrons. The second-order valence-corrected chi connectivity index (χ2v) is 13.5. The molecule has 0 heterocycles. The van der Waals surface area contributed by atoms with Crippen LogP contribution < -0.4 is 15.4 Å². The van der Waals surface area contributed by atoms with Crippen LogP contribution in [0, 0.1) is 13.8 Å². The van der Waals surface area contributed by atoms with Gasteiger partial charge in [-0.1, -0.05) is 84.7 Å². The van der Waals surface area contributed by atoms with Crippen LogP contribution in [0.3, 0.4) is 0 Å². The molecule has 0 radical (unpaired) electrons. The Morgan fingerprint density at radius 3 is 2.06 bits per heavy atom. The lowest BCUT2D eigenvalue weighted by Gasteiger charge is -2.35. The topological polar surface area (TPSA) is 30.5 Å². The van der Waals surface area contributed by atoms with Crippen molar-refractivity contribution < 1.29 is 9.47 Å². The maximum absolute atomic E-state index is 6.30. The van der Waals surface area contributed by atoms with E-state index in [0.717, 1.165) is 18.7 Å². The first-order chi connectivity index (χ1) is 15.2. The molecule has 2 aromatic rings. The highest BCUT2D eigenvalue weighted by atomic mass is 31.1. The molecule has 0 saturated carbocycles. The third-order valence-electron chi connectivity index (χ3n) is 6.14. The summed E-state index contributed by atoms with van der Waals surface area (Å²) >= 11 is 0. The van der Waals surface area contributed by atoms with Crippen molar-refractivity contribution in [3.8, 4) is 5.75 Å². The minimum atomic E-state index is -0.0408. The van der Waals surface area contributed by atoms with Gasteiger partial charge in [0.05, 0.1) is 0 Å². The van der Waals surface area contributed by atoms with Crippen LogP contribution >= 0.6 is 8.58 Å². The molecule has 2 atom stereocenters. The predicted molar refractivity (Wildman–Crippen MR) is 146 cm³/mol. The van der Waals surface area contributed by atoms with Crippen molar-refractivity contribution in [3.63, 3.8) is 0 Å². The molecule has 2 unspecified atom stereocenters. The van der Waals surface area contributed by atoms with Crippen LogP contribution in [-0.2, 0) is 21.9 Å². The zero-order valence-corrected chi connectivity index (χ0v) is 23.8. The summed E-state index contributed by atoms with van der Waals surface area (Å²) in [6.07, 6.45) is 1.03. The van der Waals surface area contributed by atoms with Gasteiger partial charge in [0.15, 0.2) is 6.79 Å². The summed E-state index contributed by atoms with van der Waals surface area (Å²) in [4.78, 5) is 0. The van der Waals surface area contributed by atoms with Crippen molar-refractivity contribution in [2.24, 2.45) is 0 Å². The quantitative estimate of drug-likeness (QED) is 0.312. The second kappa shape index (κ2) is 10.9. The van der Waals surface area contributed by atoms with E-state index in [1.165, 1.54) is 33.1 Å². The van der Waals surface area contributed by atoms with Gasteiger partial charge >= 0.3 is 0 Å². The summed E-state index contributed by atoms with van der Waals surface area (Å²) in [5, 5.41) is 5.08. The molecule has 2 aromatic carbocycles. The average molecular weight is 472 g/mol. The highest BCUT2D eigenvalue weighted by Crippen LogP contribution is 2.50. The van der Waals surface area contributed by atoms with E-state index in [1.54, 1.807) is 7.11 Å². The molecule has 0 spiro atoms. The first-order valence-electron chi connectivity index (χ1n) is 12.1. The van der Waals surface area contributed by atoms with Crippen molar-refractivity contribution in [2.45, 2.75) is 98.3 Å². The zero-order chi connectivity index (χ0) is 25.0. The molecule has 0 saturated heterocycles. The van der Waals surface area contributed by atoms with E-state index in [2.05, 4.69) is 105 Å². The lowest BCUT2D eigenvalue weighted by molar-refractivity contribution is 0.0487. The van der Waals surface area contributed by atoms with E-state index in [9.17, 15) is 0 Å². The van der Waals surface area contributed by atoms with Crippen LogP contribution in [0.1, 0.15) is 89.6 Å². The van der Waals surface area contributed by atoms with Crippen molar-refractivity contribution in [1.82, 2.24) is 5.32 Å². The highest BCUT2D eigenvalue weighted by Gasteiger charge is 2.33. The maximum atomic E-state index is 6.30. The molecule has 33 heavy (non-hydrogen) atoms. The highest BCUT2D eigenvalue weighted by molar-refractivity contribution is 7.48. The van der Waals surface area contributed by atoms with E-state index in [1.807, 2.05) is 0 Å². The first-order valence-corrected chi connectivity index (χ1v) is 13.1. The van der Waals surface area contributed by atoms with Crippen molar-refractivity contribution in [2.75, 3.05) is 13.9 Å². The Hall–Kier alpha value is -1.41. The van der Waals surface area contributed by atoms with Crippen LogP contribution in [-0.4, -0.2) is 19.4 Å². The molecule has 0 amide bonds. The van der Waals surface area contributed by atoms with Gasteiger partial charge in [-0.05, 0) is 57.3 Å². The van der Waals surface area contributed by atoms with Gasteiger partial charge in [-0.3, -0.25) is 0 Å². The van der Waals surface area contributed by atoms with Gasteiger partial charge in [0.2, 0.25) is 0 Å². The summed E-state index contributed by atoms with van der Waals surface area (Å²) in [6, 6.07) is 11.5. The van der Waals surface area contributed by atoms with Crippen molar-refractivity contribution >= 4 is 13.9 Å². The van der Waals surface area contributed by atoms with Gasteiger partial charge < -0.3 is 14.8 Å². The normalized spacial score (nSPS) is 14.6. The number of nitrogens with one attached hydrogen (secondary N) is 1. The fourth-order valence-electron chi connectivity index (χ4n) is 4.01. The summed E-state index contributed by atoms with van der Waals surface area (Å²) in [7, 11) is 2.32. The number of rotatable bonds is 9. The lowest BCUT2D eigenvalue weighted by atomic mass is 9.81. The standard InChI is InChI=1S/C29H46NO2P/c1-12-29(10,33-25-14-13-20(2)15-22(25)18-30-28(7,8)9)24-17-21(3)16-23(27(4,5)6)26(24)32-19-31-11/h13-17,30,33H,12,18-19H2,1-11H3. The Morgan fingerprint density at radius 1 is 0.879 bits per heavy atom. The Bertz CT molecular complexity index is 940. The molecule has 0 aliphatic carbocycles. The fourth-order valence-corrected chi connectivity index (χ4v) is 5.59. The predicted octanol–water partition coefficient (Wildman–Crippen LogP) is 7.10. The molecular formula is C29H46NO2P. The molecule has 0 aliphatic heterocycles. The molecule has 3 nitrogen and oxygen atoms in total. The van der Waals surface area contributed by atoms with E-state index >= 15 is 0 Å². The number of aryl methyl sites for hydroxylation is 2. The number of benzene rings is 2. The van der Waals surface area contributed by atoms with E-state index < -0.39 is 0 Å². The monoisotopic (exact) mass is 471 g/mol. The molecule has 4 heteroatoms. The minimum absolute atomic E-state index is 0.0206. The Balaban J connectivity index is 2.61. The van der Waals surface area contributed by atoms with Crippen LogP contribution in [0.2, 0.25) is 0 Å². The summed E-state index contributed by atoms with van der Waals surface area (Å²) < 4.78 is 11.6. The molecule has 1 N–H and O–H groups in total.